The standard InChI is InChI=1S/C16H20O2/c1-3-5-10-18-16-9-7-13-11-15(17-4-2)8-6-14(13)12-16/h6-9,11-12H,3-5,10H2,1-2H3. The van der Waals surface area contributed by atoms with Crippen LogP contribution in [0, 0.1) is 0 Å². The third-order valence-electron chi connectivity index (χ3n) is 2.86. The highest BCUT2D eigenvalue weighted by Gasteiger charge is 1.99. The van der Waals surface area contributed by atoms with Crippen LogP contribution in [0.1, 0.15) is 26.7 Å². The van der Waals surface area contributed by atoms with E-state index in [1.807, 2.05) is 19.1 Å². The Morgan fingerprint density at radius 1 is 0.833 bits per heavy atom. The lowest BCUT2D eigenvalue weighted by molar-refractivity contribution is 0.310. The van der Waals surface area contributed by atoms with Gasteiger partial charge in [-0.1, -0.05) is 25.5 Å². The predicted octanol–water partition coefficient (Wildman–Crippen LogP) is 4.42. The van der Waals surface area contributed by atoms with Crippen molar-refractivity contribution >= 4 is 10.8 Å². The maximum absolute atomic E-state index is 5.70. The summed E-state index contributed by atoms with van der Waals surface area (Å²) in [4.78, 5) is 0. The van der Waals surface area contributed by atoms with Crippen molar-refractivity contribution in [3.05, 3.63) is 36.4 Å². The van der Waals surface area contributed by atoms with Gasteiger partial charge in [0.15, 0.2) is 0 Å². The van der Waals surface area contributed by atoms with Crippen LogP contribution < -0.4 is 9.47 Å². The summed E-state index contributed by atoms with van der Waals surface area (Å²) >= 11 is 0. The number of benzene rings is 2. The van der Waals surface area contributed by atoms with Gasteiger partial charge in [0.05, 0.1) is 13.2 Å². The van der Waals surface area contributed by atoms with Crippen LogP contribution in [-0.2, 0) is 0 Å². The topological polar surface area (TPSA) is 18.5 Å². The third kappa shape index (κ3) is 3.16. The van der Waals surface area contributed by atoms with Gasteiger partial charge in [-0.05, 0) is 48.4 Å². The highest BCUT2D eigenvalue weighted by Crippen LogP contribution is 2.25. The van der Waals surface area contributed by atoms with E-state index in [-0.39, 0.29) is 0 Å². The van der Waals surface area contributed by atoms with Crippen molar-refractivity contribution in [2.45, 2.75) is 26.7 Å². The van der Waals surface area contributed by atoms with E-state index in [0.29, 0.717) is 6.61 Å². The van der Waals surface area contributed by atoms with Crippen LogP contribution in [-0.4, -0.2) is 13.2 Å². The van der Waals surface area contributed by atoms with Gasteiger partial charge in [-0.15, -0.1) is 0 Å². The van der Waals surface area contributed by atoms with Gasteiger partial charge < -0.3 is 9.47 Å². The second kappa shape index (κ2) is 6.29. The zero-order valence-corrected chi connectivity index (χ0v) is 11.1. The number of ether oxygens (including phenoxy) is 2. The predicted molar refractivity (Wildman–Crippen MR) is 75.5 cm³/mol. The van der Waals surface area contributed by atoms with Crippen LogP contribution in [0.15, 0.2) is 36.4 Å². The molecule has 0 saturated heterocycles. The Bertz CT molecular complexity index is 505. The van der Waals surface area contributed by atoms with E-state index < -0.39 is 0 Å². The lowest BCUT2D eigenvalue weighted by atomic mass is 10.1. The molecule has 2 rings (SSSR count). The molecule has 0 fully saturated rings. The lowest BCUT2D eigenvalue weighted by Gasteiger charge is -2.08. The molecule has 0 atom stereocenters. The van der Waals surface area contributed by atoms with Crippen molar-refractivity contribution in [3.8, 4) is 11.5 Å². The van der Waals surface area contributed by atoms with Gasteiger partial charge in [0.2, 0.25) is 0 Å². The van der Waals surface area contributed by atoms with Crippen molar-refractivity contribution in [1.82, 2.24) is 0 Å². The Morgan fingerprint density at radius 2 is 1.44 bits per heavy atom. The molecule has 0 aromatic heterocycles. The summed E-state index contributed by atoms with van der Waals surface area (Å²) in [7, 11) is 0. The van der Waals surface area contributed by atoms with Gasteiger partial charge in [0.25, 0.3) is 0 Å². The highest BCUT2D eigenvalue weighted by molar-refractivity contribution is 5.85. The second-order valence-electron chi connectivity index (χ2n) is 4.31. The Balaban J connectivity index is 2.16. The number of fused-ring (bicyclic) bond motifs is 1. The molecule has 2 nitrogen and oxygen atoms in total. The number of hydrogen-bond donors (Lipinski definition) is 0. The minimum Gasteiger partial charge on any atom is -0.494 e. The second-order valence-corrected chi connectivity index (χ2v) is 4.31. The monoisotopic (exact) mass is 244 g/mol. The van der Waals surface area contributed by atoms with E-state index in [0.717, 1.165) is 30.9 Å². The van der Waals surface area contributed by atoms with E-state index in [4.69, 9.17) is 9.47 Å². The average molecular weight is 244 g/mol. The van der Waals surface area contributed by atoms with E-state index >= 15 is 0 Å². The van der Waals surface area contributed by atoms with Crippen LogP contribution >= 0.6 is 0 Å². The fraction of sp³-hybridized carbons (Fsp3) is 0.375. The van der Waals surface area contributed by atoms with Crippen molar-refractivity contribution in [2.75, 3.05) is 13.2 Å². The normalized spacial score (nSPS) is 10.6. The van der Waals surface area contributed by atoms with Crippen molar-refractivity contribution in [3.63, 3.8) is 0 Å². The van der Waals surface area contributed by atoms with Crippen molar-refractivity contribution in [1.29, 1.82) is 0 Å². The summed E-state index contributed by atoms with van der Waals surface area (Å²) in [5.41, 5.74) is 0. The summed E-state index contributed by atoms with van der Waals surface area (Å²) < 4.78 is 11.2. The van der Waals surface area contributed by atoms with E-state index in [2.05, 4.69) is 31.2 Å². The largest absolute Gasteiger partial charge is 0.494 e. The Labute approximate surface area is 109 Å². The fourth-order valence-electron chi connectivity index (χ4n) is 1.88. The minimum absolute atomic E-state index is 0.698. The van der Waals surface area contributed by atoms with Gasteiger partial charge in [0.1, 0.15) is 11.5 Å². The molecule has 0 radical (unpaired) electrons. The first-order valence-corrected chi connectivity index (χ1v) is 6.63. The summed E-state index contributed by atoms with van der Waals surface area (Å²) in [6, 6.07) is 12.3. The molecule has 0 aliphatic heterocycles. The van der Waals surface area contributed by atoms with Gasteiger partial charge >= 0.3 is 0 Å². The van der Waals surface area contributed by atoms with Crippen LogP contribution in [0.3, 0.4) is 0 Å². The van der Waals surface area contributed by atoms with Crippen LogP contribution in [0.4, 0.5) is 0 Å². The summed E-state index contributed by atoms with van der Waals surface area (Å²) in [5, 5.41) is 2.37. The van der Waals surface area contributed by atoms with E-state index in [1.54, 1.807) is 0 Å². The van der Waals surface area contributed by atoms with Crippen molar-refractivity contribution < 1.29 is 9.47 Å². The molecular formula is C16H20O2. The minimum atomic E-state index is 0.698. The number of hydrogen-bond acceptors (Lipinski definition) is 2. The molecule has 18 heavy (non-hydrogen) atoms. The first kappa shape index (κ1) is 12.7. The Kier molecular flexibility index (Phi) is 4.46. The zero-order valence-electron chi connectivity index (χ0n) is 11.1. The molecule has 0 spiro atoms. The molecule has 0 unspecified atom stereocenters. The molecule has 2 heteroatoms. The highest BCUT2D eigenvalue weighted by atomic mass is 16.5. The lowest BCUT2D eigenvalue weighted by Crippen LogP contribution is -1.96. The first-order valence-electron chi connectivity index (χ1n) is 6.63. The van der Waals surface area contributed by atoms with E-state index in [9.17, 15) is 0 Å². The summed E-state index contributed by atoms with van der Waals surface area (Å²) in [5.74, 6) is 1.87. The van der Waals surface area contributed by atoms with Gasteiger partial charge in [-0.3, -0.25) is 0 Å². The molecule has 2 aromatic carbocycles. The first-order chi connectivity index (χ1) is 8.83. The molecule has 0 saturated carbocycles. The maximum Gasteiger partial charge on any atom is 0.119 e. The molecule has 96 valence electrons. The van der Waals surface area contributed by atoms with Gasteiger partial charge in [0, 0.05) is 0 Å². The van der Waals surface area contributed by atoms with Crippen LogP contribution in [0.2, 0.25) is 0 Å². The Hall–Kier alpha value is -1.70. The third-order valence-corrected chi connectivity index (χ3v) is 2.86. The van der Waals surface area contributed by atoms with Gasteiger partial charge in [-0.25, -0.2) is 0 Å². The fourth-order valence-corrected chi connectivity index (χ4v) is 1.88. The number of rotatable bonds is 6. The summed E-state index contributed by atoms with van der Waals surface area (Å²) in [6.45, 7) is 5.65. The molecule has 0 aliphatic rings. The molecule has 0 amide bonds. The zero-order chi connectivity index (χ0) is 12.8. The SMILES string of the molecule is CCCCOc1ccc2cc(OCC)ccc2c1. The average Bonchev–Trinajstić information content (AvgIpc) is 2.39. The van der Waals surface area contributed by atoms with E-state index in [1.165, 1.54) is 10.8 Å². The van der Waals surface area contributed by atoms with Gasteiger partial charge in [-0.2, -0.15) is 0 Å². The number of unbranched alkanes of at least 4 members (excludes halogenated alkanes) is 1. The molecule has 2 aromatic rings. The van der Waals surface area contributed by atoms with Crippen molar-refractivity contribution in [2.24, 2.45) is 0 Å². The summed E-state index contributed by atoms with van der Waals surface area (Å²) in [6.07, 6.45) is 2.26. The molecule has 0 N–H and O–H groups in total. The quantitative estimate of drug-likeness (QED) is 0.700. The molecule has 0 heterocycles. The molecule has 0 bridgehead atoms. The maximum atomic E-state index is 5.70. The Morgan fingerprint density at radius 3 is 2.00 bits per heavy atom. The van der Waals surface area contributed by atoms with Crippen LogP contribution in [0.25, 0.3) is 10.8 Å². The smallest absolute Gasteiger partial charge is 0.119 e. The van der Waals surface area contributed by atoms with Crippen LogP contribution in [0.5, 0.6) is 11.5 Å². The molecule has 0 aliphatic carbocycles. The molecular weight excluding hydrogens is 224 g/mol.